The van der Waals surface area contributed by atoms with Gasteiger partial charge in [0.05, 0.1) is 11.6 Å². The van der Waals surface area contributed by atoms with Gasteiger partial charge >= 0.3 is 0 Å². The lowest BCUT2D eigenvalue weighted by molar-refractivity contribution is 0.111. The van der Waals surface area contributed by atoms with E-state index in [9.17, 15) is 4.79 Å². The molecule has 0 saturated heterocycles. The van der Waals surface area contributed by atoms with Crippen LogP contribution in [-0.4, -0.2) is 19.6 Å². The van der Waals surface area contributed by atoms with Crippen molar-refractivity contribution in [3.05, 3.63) is 102 Å². The highest BCUT2D eigenvalue weighted by Crippen LogP contribution is 2.42. The molecule has 0 saturated carbocycles. The second-order valence-electron chi connectivity index (χ2n) is 10.5. The fourth-order valence-corrected chi connectivity index (χ4v) is 9.96. The van der Waals surface area contributed by atoms with Crippen molar-refractivity contribution < 1.29 is 9.22 Å². The Hall–Kier alpha value is -3.08. The predicted molar refractivity (Wildman–Crippen MR) is 153 cm³/mol. The van der Waals surface area contributed by atoms with Crippen LogP contribution in [0.2, 0.25) is 5.04 Å². The Morgan fingerprint density at radius 2 is 1.47 bits per heavy atom. The summed E-state index contributed by atoms with van der Waals surface area (Å²) in [4.78, 5) is 16.3. The average molecular weight is 496 g/mol. The number of carbonyl (C=O) groups is 1. The number of nitrogens with zero attached hydrogens (tertiary/aromatic N) is 1. The molecule has 4 rings (SSSR count). The maximum atomic E-state index is 11.6. The molecule has 3 nitrogen and oxygen atoms in total. The molecule has 4 aromatic rings. The molecule has 1 heterocycles. The van der Waals surface area contributed by atoms with Gasteiger partial charge in [0.2, 0.25) is 0 Å². The number of pyridine rings is 1. The van der Waals surface area contributed by atoms with E-state index in [1.165, 1.54) is 10.4 Å². The van der Waals surface area contributed by atoms with Crippen molar-refractivity contribution in [3.8, 4) is 0 Å². The monoisotopic (exact) mass is 495 g/mol. The normalized spacial score (nSPS) is 13.0. The molecule has 186 valence electrons. The molecule has 0 aliphatic rings. The van der Waals surface area contributed by atoms with Crippen LogP contribution in [0.25, 0.3) is 10.9 Å². The Morgan fingerprint density at radius 3 is 2.03 bits per heavy atom. The van der Waals surface area contributed by atoms with Crippen LogP contribution in [0.3, 0.4) is 0 Å². The second-order valence-corrected chi connectivity index (χ2v) is 14.8. The van der Waals surface area contributed by atoms with E-state index in [4.69, 9.17) is 9.41 Å². The lowest BCUT2D eigenvalue weighted by atomic mass is 10.00. The van der Waals surface area contributed by atoms with Crippen molar-refractivity contribution in [2.75, 3.05) is 0 Å². The maximum absolute atomic E-state index is 11.6. The summed E-state index contributed by atoms with van der Waals surface area (Å²) in [5.41, 5.74) is 2.38. The summed E-state index contributed by atoms with van der Waals surface area (Å²) < 4.78 is 7.60. The standard InChI is InChI=1S/C32H37NO2Si/c1-5-6-9-21-30(29-20-14-15-25-22-23-26(24-34)33-31(25)29)35-36(32(2,3)4,27-16-10-7-11-17-27)28-18-12-8-13-19-28/h7-8,10-20,22-24,30H,5-6,9,21H2,1-4H3. The first kappa shape index (κ1) is 26.0. The minimum atomic E-state index is -2.76. The molecule has 0 radical (unpaired) electrons. The molecule has 1 unspecified atom stereocenters. The molecular formula is C32H37NO2Si. The SMILES string of the molecule is CCCCCC(O[Si](c1ccccc1)(c1ccccc1)C(C)(C)C)c1cccc2ccc(C=O)nc12. The van der Waals surface area contributed by atoms with E-state index in [1.807, 2.05) is 6.07 Å². The lowest BCUT2D eigenvalue weighted by Gasteiger charge is -2.45. The van der Waals surface area contributed by atoms with Crippen LogP contribution >= 0.6 is 0 Å². The van der Waals surface area contributed by atoms with Gasteiger partial charge < -0.3 is 4.43 Å². The van der Waals surface area contributed by atoms with Crippen molar-refractivity contribution in [1.82, 2.24) is 4.98 Å². The number of benzene rings is 3. The maximum Gasteiger partial charge on any atom is 0.261 e. The molecule has 1 aromatic heterocycles. The van der Waals surface area contributed by atoms with Crippen LogP contribution < -0.4 is 10.4 Å². The second kappa shape index (κ2) is 11.3. The minimum absolute atomic E-state index is 0.120. The molecule has 0 aliphatic carbocycles. The van der Waals surface area contributed by atoms with E-state index in [0.29, 0.717) is 5.69 Å². The fourth-order valence-electron chi connectivity index (χ4n) is 5.27. The smallest absolute Gasteiger partial charge is 0.261 e. The van der Waals surface area contributed by atoms with Gasteiger partial charge in [-0.05, 0) is 27.9 Å². The number of aromatic nitrogens is 1. The van der Waals surface area contributed by atoms with Gasteiger partial charge in [-0.15, -0.1) is 0 Å². The Bertz CT molecular complexity index is 1240. The third kappa shape index (κ3) is 5.20. The number of rotatable bonds is 10. The first-order valence-electron chi connectivity index (χ1n) is 13.0. The highest BCUT2D eigenvalue weighted by Gasteiger charge is 2.51. The van der Waals surface area contributed by atoms with Crippen LogP contribution in [0.15, 0.2) is 91.0 Å². The Labute approximate surface area is 216 Å². The predicted octanol–water partition coefficient (Wildman–Crippen LogP) is 7.25. The number of para-hydroxylation sites is 1. The summed E-state index contributed by atoms with van der Waals surface area (Å²) in [6.07, 6.45) is 4.97. The quantitative estimate of drug-likeness (QED) is 0.132. The van der Waals surface area contributed by atoms with E-state index in [0.717, 1.165) is 48.4 Å². The van der Waals surface area contributed by atoms with Crippen LogP contribution in [0.4, 0.5) is 0 Å². The summed E-state index contributed by atoms with van der Waals surface area (Å²) in [6.45, 7) is 9.17. The highest BCUT2D eigenvalue weighted by atomic mass is 28.4. The van der Waals surface area contributed by atoms with E-state index >= 15 is 0 Å². The number of hydrogen-bond acceptors (Lipinski definition) is 3. The van der Waals surface area contributed by atoms with E-state index in [2.05, 4.69) is 107 Å². The molecule has 0 amide bonds. The molecule has 4 heteroatoms. The van der Waals surface area contributed by atoms with Gasteiger partial charge in [-0.3, -0.25) is 4.79 Å². The van der Waals surface area contributed by atoms with E-state index in [1.54, 1.807) is 6.07 Å². The molecule has 0 fully saturated rings. The molecule has 1 atom stereocenters. The zero-order valence-electron chi connectivity index (χ0n) is 21.9. The zero-order chi connectivity index (χ0) is 25.6. The molecule has 0 aliphatic heterocycles. The highest BCUT2D eigenvalue weighted by molar-refractivity contribution is 6.99. The summed E-state index contributed by atoms with van der Waals surface area (Å²) in [7, 11) is -2.76. The van der Waals surface area contributed by atoms with Gasteiger partial charge in [0.25, 0.3) is 8.32 Å². The largest absolute Gasteiger partial charge is 0.400 e. The van der Waals surface area contributed by atoms with Crippen molar-refractivity contribution in [1.29, 1.82) is 0 Å². The van der Waals surface area contributed by atoms with Crippen LogP contribution in [-0.2, 0) is 4.43 Å². The summed E-state index contributed by atoms with van der Waals surface area (Å²) in [5, 5.41) is 3.45. The van der Waals surface area contributed by atoms with Crippen LogP contribution in [0.1, 0.15) is 75.5 Å². The minimum Gasteiger partial charge on any atom is -0.400 e. The van der Waals surface area contributed by atoms with Crippen LogP contribution in [0.5, 0.6) is 0 Å². The molecule has 0 spiro atoms. The molecular weight excluding hydrogens is 458 g/mol. The van der Waals surface area contributed by atoms with Crippen molar-refractivity contribution in [2.24, 2.45) is 0 Å². The van der Waals surface area contributed by atoms with Gasteiger partial charge in [0, 0.05) is 10.9 Å². The number of fused-ring (bicyclic) bond motifs is 1. The summed E-state index contributed by atoms with van der Waals surface area (Å²) >= 11 is 0. The van der Waals surface area contributed by atoms with Crippen molar-refractivity contribution >= 4 is 35.9 Å². The van der Waals surface area contributed by atoms with Gasteiger partial charge in [0.1, 0.15) is 5.69 Å². The number of unbranched alkanes of at least 4 members (excludes halogenated alkanes) is 2. The average Bonchev–Trinajstić information content (AvgIpc) is 2.90. The summed E-state index contributed by atoms with van der Waals surface area (Å²) in [6, 6.07) is 31.6. The third-order valence-corrected chi connectivity index (χ3v) is 12.1. The fraction of sp³-hybridized carbons (Fsp3) is 0.312. The Balaban J connectivity index is 1.94. The van der Waals surface area contributed by atoms with Gasteiger partial charge in [0.15, 0.2) is 6.29 Å². The Kier molecular flexibility index (Phi) is 8.17. The van der Waals surface area contributed by atoms with Crippen molar-refractivity contribution in [2.45, 2.75) is 64.5 Å². The number of aldehydes is 1. The number of hydrogen-bond donors (Lipinski definition) is 0. The molecule has 0 N–H and O–H groups in total. The first-order valence-corrected chi connectivity index (χ1v) is 14.9. The van der Waals surface area contributed by atoms with Gasteiger partial charge in [-0.2, -0.15) is 0 Å². The summed E-state index contributed by atoms with van der Waals surface area (Å²) in [5.74, 6) is 0. The molecule has 36 heavy (non-hydrogen) atoms. The molecule has 3 aromatic carbocycles. The Morgan fingerprint density at radius 1 is 0.833 bits per heavy atom. The first-order chi connectivity index (χ1) is 17.4. The van der Waals surface area contributed by atoms with Gasteiger partial charge in [-0.25, -0.2) is 4.98 Å². The van der Waals surface area contributed by atoms with Gasteiger partial charge in [-0.1, -0.05) is 132 Å². The van der Waals surface area contributed by atoms with E-state index in [-0.39, 0.29) is 11.1 Å². The zero-order valence-corrected chi connectivity index (χ0v) is 22.9. The van der Waals surface area contributed by atoms with Crippen molar-refractivity contribution in [3.63, 3.8) is 0 Å². The van der Waals surface area contributed by atoms with E-state index < -0.39 is 8.32 Å². The molecule has 0 bridgehead atoms. The van der Waals surface area contributed by atoms with Crippen LogP contribution in [0, 0.1) is 0 Å². The topological polar surface area (TPSA) is 39.2 Å². The number of carbonyl (C=O) groups excluding carboxylic acids is 1. The third-order valence-electron chi connectivity index (χ3n) is 7.05. The lowest BCUT2D eigenvalue weighted by Crippen LogP contribution is -2.66.